The van der Waals surface area contributed by atoms with E-state index in [0.717, 1.165) is 0 Å². The molecule has 4 heteroatoms. The lowest BCUT2D eigenvalue weighted by Crippen LogP contribution is -2.29. The molecule has 4 nitrogen and oxygen atoms in total. The highest BCUT2D eigenvalue weighted by molar-refractivity contribution is 6.21. The van der Waals surface area contributed by atoms with Gasteiger partial charge in [-0.1, -0.05) is 25.5 Å². The standard InChI is InChI=1S/C8H5NO2.C7H15N/c10-7-5-3-1-2-4-6(5)8(11)9-7;1-2-8-6-4-3-5-7-8/h1-4H,(H,9,10,11);2-7H2,1H3. The fourth-order valence-electron chi connectivity index (χ4n) is 2.39. The molecule has 2 aliphatic heterocycles. The highest BCUT2D eigenvalue weighted by Gasteiger charge is 2.25. The Morgan fingerprint density at radius 2 is 1.53 bits per heavy atom. The molecule has 1 N–H and O–H groups in total. The number of nitrogens with one attached hydrogen (secondary N) is 1. The van der Waals surface area contributed by atoms with E-state index in [1.165, 1.54) is 38.9 Å². The molecule has 0 bridgehead atoms. The highest BCUT2D eigenvalue weighted by Crippen LogP contribution is 2.13. The minimum Gasteiger partial charge on any atom is -0.304 e. The summed E-state index contributed by atoms with van der Waals surface area (Å²) in [5.41, 5.74) is 0.940. The maximum absolute atomic E-state index is 10.9. The average molecular weight is 260 g/mol. The summed E-state index contributed by atoms with van der Waals surface area (Å²) in [5.74, 6) is -0.601. The Morgan fingerprint density at radius 3 is 1.95 bits per heavy atom. The van der Waals surface area contributed by atoms with Gasteiger partial charge in [-0.05, 0) is 44.6 Å². The Labute approximate surface area is 113 Å². The number of hydrogen-bond donors (Lipinski definition) is 1. The quantitative estimate of drug-likeness (QED) is 0.786. The summed E-state index contributed by atoms with van der Waals surface area (Å²) in [4.78, 5) is 24.4. The van der Waals surface area contributed by atoms with Crippen molar-refractivity contribution in [3.8, 4) is 0 Å². The van der Waals surface area contributed by atoms with E-state index in [0.29, 0.717) is 11.1 Å². The number of likely N-dealkylation sites (tertiary alicyclic amines) is 1. The average Bonchev–Trinajstić information content (AvgIpc) is 2.76. The van der Waals surface area contributed by atoms with Crippen molar-refractivity contribution in [3.05, 3.63) is 35.4 Å². The van der Waals surface area contributed by atoms with Crippen molar-refractivity contribution in [2.24, 2.45) is 0 Å². The Kier molecular flexibility index (Phi) is 4.68. The molecule has 2 aliphatic rings. The van der Waals surface area contributed by atoms with E-state index in [1.807, 2.05) is 0 Å². The first-order valence-electron chi connectivity index (χ1n) is 6.89. The molecule has 2 heterocycles. The van der Waals surface area contributed by atoms with Gasteiger partial charge in [-0.2, -0.15) is 0 Å². The largest absolute Gasteiger partial charge is 0.304 e. The number of benzene rings is 1. The van der Waals surface area contributed by atoms with E-state index in [2.05, 4.69) is 17.1 Å². The lowest BCUT2D eigenvalue weighted by molar-refractivity contribution is 0.0879. The third kappa shape index (κ3) is 3.41. The number of fused-ring (bicyclic) bond motifs is 1. The van der Waals surface area contributed by atoms with Crippen LogP contribution in [-0.4, -0.2) is 36.3 Å². The van der Waals surface area contributed by atoms with Crippen LogP contribution in [0.25, 0.3) is 0 Å². The molecule has 0 radical (unpaired) electrons. The molecular formula is C15H20N2O2. The van der Waals surface area contributed by atoms with Gasteiger partial charge in [0, 0.05) is 0 Å². The molecule has 1 saturated heterocycles. The smallest absolute Gasteiger partial charge is 0.258 e. The van der Waals surface area contributed by atoms with Crippen molar-refractivity contribution >= 4 is 11.8 Å². The van der Waals surface area contributed by atoms with E-state index in [9.17, 15) is 9.59 Å². The summed E-state index contributed by atoms with van der Waals surface area (Å²) in [7, 11) is 0. The number of imide groups is 1. The number of amides is 2. The number of carbonyl (C=O) groups excluding carboxylic acids is 2. The van der Waals surface area contributed by atoms with Crippen molar-refractivity contribution in [1.82, 2.24) is 10.2 Å². The van der Waals surface area contributed by atoms with Crippen molar-refractivity contribution in [3.63, 3.8) is 0 Å². The fourth-order valence-corrected chi connectivity index (χ4v) is 2.39. The molecule has 19 heavy (non-hydrogen) atoms. The maximum Gasteiger partial charge on any atom is 0.258 e. The lowest BCUT2D eigenvalue weighted by Gasteiger charge is -2.24. The molecule has 0 spiro atoms. The second-order valence-electron chi connectivity index (χ2n) is 4.82. The van der Waals surface area contributed by atoms with Gasteiger partial charge in [0.05, 0.1) is 11.1 Å². The minimum atomic E-state index is -0.300. The molecule has 0 saturated carbocycles. The predicted octanol–water partition coefficient (Wildman–Crippen LogP) is 2.06. The van der Waals surface area contributed by atoms with Gasteiger partial charge in [-0.25, -0.2) is 0 Å². The van der Waals surface area contributed by atoms with Crippen LogP contribution in [0.5, 0.6) is 0 Å². The predicted molar refractivity (Wildman–Crippen MR) is 74.2 cm³/mol. The van der Waals surface area contributed by atoms with Crippen LogP contribution in [-0.2, 0) is 0 Å². The van der Waals surface area contributed by atoms with Crippen LogP contribution in [0.4, 0.5) is 0 Å². The minimum absolute atomic E-state index is 0.300. The third-order valence-corrected chi connectivity index (χ3v) is 3.54. The van der Waals surface area contributed by atoms with Crippen LogP contribution in [0.1, 0.15) is 46.9 Å². The SMILES string of the molecule is CCN1CCCCC1.O=C1NC(=O)c2ccccc21. The zero-order valence-corrected chi connectivity index (χ0v) is 11.3. The second-order valence-corrected chi connectivity index (χ2v) is 4.82. The van der Waals surface area contributed by atoms with Crippen LogP contribution >= 0.6 is 0 Å². The molecule has 102 valence electrons. The maximum atomic E-state index is 10.9. The Morgan fingerprint density at radius 1 is 1.00 bits per heavy atom. The third-order valence-electron chi connectivity index (χ3n) is 3.54. The number of hydrogen-bond acceptors (Lipinski definition) is 3. The van der Waals surface area contributed by atoms with Crippen LogP contribution in [0.15, 0.2) is 24.3 Å². The molecule has 0 unspecified atom stereocenters. The van der Waals surface area contributed by atoms with Crippen molar-refractivity contribution in [2.75, 3.05) is 19.6 Å². The molecule has 2 amide bonds. The molecule has 0 aliphatic carbocycles. The van der Waals surface area contributed by atoms with Crippen LogP contribution < -0.4 is 5.32 Å². The molecule has 0 aromatic heterocycles. The van der Waals surface area contributed by atoms with Crippen molar-refractivity contribution in [2.45, 2.75) is 26.2 Å². The van der Waals surface area contributed by atoms with E-state index in [1.54, 1.807) is 24.3 Å². The second kappa shape index (κ2) is 6.48. The van der Waals surface area contributed by atoms with Gasteiger partial charge in [0.15, 0.2) is 0 Å². The first-order valence-corrected chi connectivity index (χ1v) is 6.89. The van der Waals surface area contributed by atoms with Crippen LogP contribution in [0.3, 0.4) is 0 Å². The summed E-state index contributed by atoms with van der Waals surface area (Å²) in [6, 6.07) is 6.74. The van der Waals surface area contributed by atoms with Gasteiger partial charge >= 0.3 is 0 Å². The number of nitrogens with zero attached hydrogens (tertiary/aromatic N) is 1. The first kappa shape index (κ1) is 13.7. The summed E-state index contributed by atoms with van der Waals surface area (Å²) < 4.78 is 0. The van der Waals surface area contributed by atoms with Gasteiger partial charge in [0.25, 0.3) is 11.8 Å². The van der Waals surface area contributed by atoms with Crippen LogP contribution in [0, 0.1) is 0 Å². The zero-order chi connectivity index (χ0) is 13.7. The summed E-state index contributed by atoms with van der Waals surface area (Å²) in [6.07, 6.45) is 4.30. The van der Waals surface area contributed by atoms with E-state index in [-0.39, 0.29) is 11.8 Å². The first-order chi connectivity index (χ1) is 9.22. The van der Waals surface area contributed by atoms with Crippen molar-refractivity contribution < 1.29 is 9.59 Å². The van der Waals surface area contributed by atoms with E-state index >= 15 is 0 Å². The topological polar surface area (TPSA) is 49.4 Å². The molecule has 1 aromatic carbocycles. The highest BCUT2D eigenvalue weighted by atomic mass is 16.2. The van der Waals surface area contributed by atoms with E-state index in [4.69, 9.17) is 0 Å². The normalized spacial score (nSPS) is 18.4. The zero-order valence-electron chi connectivity index (χ0n) is 11.3. The molecule has 1 aromatic rings. The summed E-state index contributed by atoms with van der Waals surface area (Å²) in [5, 5.41) is 2.20. The van der Waals surface area contributed by atoms with Gasteiger partial charge in [-0.3, -0.25) is 14.9 Å². The molecular weight excluding hydrogens is 240 g/mol. The van der Waals surface area contributed by atoms with Gasteiger partial charge in [-0.15, -0.1) is 0 Å². The number of rotatable bonds is 1. The Hall–Kier alpha value is -1.68. The van der Waals surface area contributed by atoms with E-state index < -0.39 is 0 Å². The summed E-state index contributed by atoms with van der Waals surface area (Å²) in [6.45, 7) is 6.18. The van der Waals surface area contributed by atoms with Gasteiger partial charge in [0.2, 0.25) is 0 Å². The number of carbonyl (C=O) groups is 2. The van der Waals surface area contributed by atoms with Gasteiger partial charge < -0.3 is 4.90 Å². The lowest BCUT2D eigenvalue weighted by atomic mass is 10.1. The molecule has 0 atom stereocenters. The Bertz CT molecular complexity index is 432. The monoisotopic (exact) mass is 260 g/mol. The van der Waals surface area contributed by atoms with Gasteiger partial charge in [0.1, 0.15) is 0 Å². The Balaban J connectivity index is 0.000000148. The van der Waals surface area contributed by atoms with Crippen molar-refractivity contribution in [1.29, 1.82) is 0 Å². The molecule has 1 fully saturated rings. The number of piperidine rings is 1. The summed E-state index contributed by atoms with van der Waals surface area (Å²) >= 11 is 0. The molecule has 3 rings (SSSR count). The fraction of sp³-hybridized carbons (Fsp3) is 0.467. The van der Waals surface area contributed by atoms with Crippen LogP contribution in [0.2, 0.25) is 0 Å².